The van der Waals surface area contributed by atoms with Crippen LogP contribution in [0.5, 0.6) is 23.0 Å². The van der Waals surface area contributed by atoms with Crippen LogP contribution in [0, 0.1) is 0 Å². The quantitative estimate of drug-likeness (QED) is 0.102. The van der Waals surface area contributed by atoms with Crippen molar-refractivity contribution in [3.8, 4) is 23.0 Å². The van der Waals surface area contributed by atoms with Gasteiger partial charge in [0.15, 0.2) is 23.0 Å². The number of hydrogen-bond donors (Lipinski definition) is 1. The van der Waals surface area contributed by atoms with E-state index in [0.717, 1.165) is 27.5 Å². The van der Waals surface area contributed by atoms with Crippen LogP contribution in [0.2, 0.25) is 0 Å². The van der Waals surface area contributed by atoms with E-state index in [0.29, 0.717) is 52.9 Å². The molecule has 5 aromatic carbocycles. The molecule has 0 unspecified atom stereocenters. The Labute approximate surface area is 265 Å². The summed E-state index contributed by atoms with van der Waals surface area (Å²) in [6, 6.07) is 32.8. The number of amides is 1. The fraction of sp³-hybridized carbons (Fsp3) is 0.167. The number of hydrazone groups is 1. The normalized spacial score (nSPS) is 11.0. The number of carbonyl (C=O) groups excluding carboxylic acids is 1. The molecule has 5 rings (SSSR count). The van der Waals surface area contributed by atoms with Crippen LogP contribution in [0.15, 0.2) is 113 Å². The Balaban J connectivity index is 1.27. The van der Waals surface area contributed by atoms with Crippen molar-refractivity contribution < 1.29 is 23.7 Å². The van der Waals surface area contributed by atoms with Crippen LogP contribution in [0.3, 0.4) is 0 Å². The van der Waals surface area contributed by atoms with Crippen molar-refractivity contribution in [1.29, 1.82) is 0 Å². The fourth-order valence-electron chi connectivity index (χ4n) is 4.64. The molecule has 0 saturated heterocycles. The van der Waals surface area contributed by atoms with Gasteiger partial charge in [0.05, 0.1) is 23.9 Å². The third-order valence-electron chi connectivity index (χ3n) is 6.67. The van der Waals surface area contributed by atoms with Gasteiger partial charge in [0.25, 0.3) is 5.91 Å². The average molecular weight is 654 g/mol. The third-order valence-corrected chi connectivity index (χ3v) is 7.26. The van der Waals surface area contributed by atoms with Crippen molar-refractivity contribution in [3.05, 3.63) is 130 Å². The molecule has 0 aliphatic carbocycles. The highest BCUT2D eigenvalue weighted by atomic mass is 79.9. The van der Waals surface area contributed by atoms with Crippen molar-refractivity contribution in [2.24, 2.45) is 5.10 Å². The van der Waals surface area contributed by atoms with E-state index >= 15 is 0 Å². The second-order valence-electron chi connectivity index (χ2n) is 9.77. The minimum Gasteiger partial charge on any atom is -0.490 e. The van der Waals surface area contributed by atoms with E-state index in [4.69, 9.17) is 18.9 Å². The molecule has 1 amide bonds. The van der Waals surface area contributed by atoms with Gasteiger partial charge in [0, 0.05) is 5.56 Å². The Morgan fingerprint density at radius 1 is 0.727 bits per heavy atom. The lowest BCUT2D eigenvalue weighted by molar-refractivity contribution is 0.0957. The van der Waals surface area contributed by atoms with E-state index in [1.165, 1.54) is 0 Å². The SMILES string of the molecule is CCOc1cc(COc2c(Br)cc(/C=N/NC(=O)c3cccc4ccccc34)cc2OCC)ccc1OCc1ccccc1. The maximum atomic E-state index is 12.9. The summed E-state index contributed by atoms with van der Waals surface area (Å²) in [6.45, 7) is 5.54. The first-order chi connectivity index (χ1) is 21.6. The van der Waals surface area contributed by atoms with Crippen LogP contribution in [0.4, 0.5) is 0 Å². The van der Waals surface area contributed by atoms with Crippen LogP contribution < -0.4 is 24.4 Å². The number of fused-ring (bicyclic) bond motifs is 1. The summed E-state index contributed by atoms with van der Waals surface area (Å²) >= 11 is 3.62. The highest BCUT2D eigenvalue weighted by molar-refractivity contribution is 9.10. The summed E-state index contributed by atoms with van der Waals surface area (Å²) < 4.78 is 24.7. The Hall–Kier alpha value is -4.82. The molecule has 0 fully saturated rings. The van der Waals surface area contributed by atoms with Crippen molar-refractivity contribution in [1.82, 2.24) is 5.43 Å². The predicted octanol–water partition coefficient (Wildman–Crippen LogP) is 8.32. The highest BCUT2D eigenvalue weighted by Crippen LogP contribution is 2.38. The van der Waals surface area contributed by atoms with Crippen molar-refractivity contribution >= 4 is 38.8 Å². The molecule has 0 spiro atoms. The van der Waals surface area contributed by atoms with Crippen LogP contribution >= 0.6 is 15.9 Å². The van der Waals surface area contributed by atoms with Crippen molar-refractivity contribution in [2.75, 3.05) is 13.2 Å². The van der Waals surface area contributed by atoms with Gasteiger partial charge in [-0.3, -0.25) is 4.79 Å². The molecule has 0 radical (unpaired) electrons. The molecule has 0 aliphatic heterocycles. The summed E-state index contributed by atoms with van der Waals surface area (Å²) in [4.78, 5) is 12.9. The van der Waals surface area contributed by atoms with E-state index in [9.17, 15) is 4.79 Å². The van der Waals surface area contributed by atoms with Gasteiger partial charge < -0.3 is 18.9 Å². The number of ether oxygens (including phenoxy) is 4. The van der Waals surface area contributed by atoms with Crippen molar-refractivity contribution in [3.63, 3.8) is 0 Å². The minimum absolute atomic E-state index is 0.284. The number of hydrogen-bond acceptors (Lipinski definition) is 6. The van der Waals surface area contributed by atoms with Gasteiger partial charge in [0.1, 0.15) is 13.2 Å². The molecule has 0 aromatic heterocycles. The monoisotopic (exact) mass is 652 g/mol. The smallest absolute Gasteiger partial charge is 0.271 e. The molecule has 0 bridgehead atoms. The van der Waals surface area contributed by atoms with Gasteiger partial charge >= 0.3 is 0 Å². The molecule has 0 atom stereocenters. The molecule has 0 aliphatic rings. The van der Waals surface area contributed by atoms with E-state index in [1.54, 1.807) is 12.3 Å². The van der Waals surface area contributed by atoms with Crippen molar-refractivity contribution in [2.45, 2.75) is 27.1 Å². The molecule has 0 heterocycles. The van der Waals surface area contributed by atoms with Crippen LogP contribution in [-0.4, -0.2) is 25.3 Å². The zero-order chi connectivity index (χ0) is 30.7. The number of carbonyl (C=O) groups is 1. The van der Waals surface area contributed by atoms with Gasteiger partial charge in [-0.15, -0.1) is 0 Å². The fourth-order valence-corrected chi connectivity index (χ4v) is 5.21. The summed E-state index contributed by atoms with van der Waals surface area (Å²) in [7, 11) is 0. The number of nitrogens with one attached hydrogen (secondary N) is 1. The molecule has 1 N–H and O–H groups in total. The molecule has 0 saturated carbocycles. The van der Waals surface area contributed by atoms with E-state index in [-0.39, 0.29) is 12.5 Å². The summed E-state index contributed by atoms with van der Waals surface area (Å²) in [5.74, 6) is 2.16. The highest BCUT2D eigenvalue weighted by Gasteiger charge is 2.14. The Bertz CT molecular complexity index is 1750. The third kappa shape index (κ3) is 7.76. The van der Waals surface area contributed by atoms with Crippen LogP contribution in [0.25, 0.3) is 10.8 Å². The van der Waals surface area contributed by atoms with E-state index < -0.39 is 0 Å². The largest absolute Gasteiger partial charge is 0.490 e. The first-order valence-electron chi connectivity index (χ1n) is 14.4. The van der Waals surface area contributed by atoms with E-state index in [2.05, 4.69) is 26.5 Å². The molecular formula is C36H33BrN2O5. The summed E-state index contributed by atoms with van der Waals surface area (Å²) in [5.41, 5.74) is 5.91. The zero-order valence-electron chi connectivity index (χ0n) is 24.6. The molecule has 44 heavy (non-hydrogen) atoms. The van der Waals surface area contributed by atoms with E-state index in [1.807, 2.05) is 111 Å². The lowest BCUT2D eigenvalue weighted by Crippen LogP contribution is -2.17. The Kier molecular flexibility index (Phi) is 10.5. The van der Waals surface area contributed by atoms with Crippen LogP contribution in [0.1, 0.15) is 40.9 Å². The van der Waals surface area contributed by atoms with Gasteiger partial charge in [0.2, 0.25) is 0 Å². The Morgan fingerprint density at radius 2 is 1.45 bits per heavy atom. The van der Waals surface area contributed by atoms with Gasteiger partial charge in [-0.05, 0) is 87.6 Å². The second kappa shape index (κ2) is 15.1. The topological polar surface area (TPSA) is 78.4 Å². The lowest BCUT2D eigenvalue weighted by atomic mass is 10.0. The predicted molar refractivity (Wildman–Crippen MR) is 177 cm³/mol. The van der Waals surface area contributed by atoms with Gasteiger partial charge in [-0.25, -0.2) is 5.43 Å². The Morgan fingerprint density at radius 3 is 2.27 bits per heavy atom. The van der Waals surface area contributed by atoms with Gasteiger partial charge in [-0.1, -0.05) is 72.8 Å². The number of halogens is 1. The summed E-state index contributed by atoms with van der Waals surface area (Å²) in [6.07, 6.45) is 1.57. The number of rotatable bonds is 13. The first-order valence-corrected chi connectivity index (χ1v) is 15.2. The molecule has 5 aromatic rings. The molecule has 8 heteroatoms. The van der Waals surface area contributed by atoms with Crippen LogP contribution in [-0.2, 0) is 13.2 Å². The molecule has 7 nitrogen and oxygen atoms in total. The number of benzene rings is 5. The zero-order valence-corrected chi connectivity index (χ0v) is 26.2. The summed E-state index contributed by atoms with van der Waals surface area (Å²) in [5, 5.41) is 6.05. The maximum absolute atomic E-state index is 12.9. The standard InChI is InChI=1S/C36H33BrN2O5/c1-3-41-33-20-26(17-18-32(33)43-23-25-11-6-5-7-12-25)24-44-35-31(37)19-27(21-34(35)42-4-2)22-38-39-36(40)30-16-10-14-28-13-8-9-15-29(28)30/h5-22H,3-4,23-24H2,1-2H3,(H,39,40)/b38-22+. The number of nitrogens with zero attached hydrogens (tertiary/aromatic N) is 1. The molecule has 224 valence electrons. The van der Waals surface area contributed by atoms with Gasteiger partial charge in [-0.2, -0.15) is 5.10 Å². The average Bonchev–Trinajstić information content (AvgIpc) is 3.04. The first kappa shape index (κ1) is 30.6. The second-order valence-corrected chi connectivity index (χ2v) is 10.6. The molecular weight excluding hydrogens is 620 g/mol. The lowest BCUT2D eigenvalue weighted by Gasteiger charge is -2.16. The maximum Gasteiger partial charge on any atom is 0.271 e. The minimum atomic E-state index is -0.287.